The molecule has 0 aliphatic rings. The van der Waals surface area contributed by atoms with Gasteiger partial charge in [0.15, 0.2) is 5.82 Å². The molecular formula is C21H20FN5O. The quantitative estimate of drug-likeness (QED) is 0.556. The number of nitrogens with zero attached hydrogens (tertiary/aromatic N) is 3. The second-order valence-corrected chi connectivity index (χ2v) is 6.67. The minimum Gasteiger partial charge on any atom is -0.379 e. The number of aromatic nitrogens is 4. The maximum atomic E-state index is 13.1. The van der Waals surface area contributed by atoms with Crippen LogP contribution in [0.15, 0.2) is 53.3 Å². The van der Waals surface area contributed by atoms with Crippen molar-refractivity contribution in [1.82, 2.24) is 19.6 Å². The number of nitrogens with one attached hydrogen (secondary N) is 2. The molecule has 28 heavy (non-hydrogen) atoms. The number of fused-ring (bicyclic) bond motifs is 1. The fourth-order valence-corrected chi connectivity index (χ4v) is 3.10. The Kier molecular flexibility index (Phi) is 4.65. The molecule has 0 spiro atoms. The molecule has 0 radical (unpaired) electrons. The molecule has 142 valence electrons. The van der Waals surface area contributed by atoms with Crippen molar-refractivity contribution in [3.05, 3.63) is 81.5 Å². The highest BCUT2D eigenvalue weighted by molar-refractivity contribution is 5.57. The van der Waals surface area contributed by atoms with E-state index in [1.54, 1.807) is 12.1 Å². The molecule has 4 rings (SSSR count). The Morgan fingerprint density at radius 1 is 1.11 bits per heavy atom. The zero-order valence-electron chi connectivity index (χ0n) is 15.7. The summed E-state index contributed by atoms with van der Waals surface area (Å²) in [5.74, 6) is 0.413. The highest BCUT2D eigenvalue weighted by Crippen LogP contribution is 2.19. The maximum Gasteiger partial charge on any atom is 0.274 e. The van der Waals surface area contributed by atoms with Gasteiger partial charge in [0, 0.05) is 17.3 Å². The summed E-state index contributed by atoms with van der Waals surface area (Å²) < 4.78 is 14.4. The minimum absolute atomic E-state index is 0.248. The van der Waals surface area contributed by atoms with Crippen LogP contribution in [0.1, 0.15) is 23.7 Å². The second kappa shape index (κ2) is 7.26. The molecule has 0 atom stereocenters. The predicted molar refractivity (Wildman–Crippen MR) is 107 cm³/mol. The molecule has 0 bridgehead atoms. The van der Waals surface area contributed by atoms with Gasteiger partial charge < -0.3 is 5.32 Å². The van der Waals surface area contributed by atoms with Crippen LogP contribution in [0.5, 0.6) is 0 Å². The summed E-state index contributed by atoms with van der Waals surface area (Å²) in [6.07, 6.45) is 0.915. The largest absolute Gasteiger partial charge is 0.379 e. The standard InChI is InChI=1S/C21H20FN5O/c1-3-14-5-4-13(2)10-18(14)23-12-17-11-19(28)27-21(24-17)25-20(26-27)15-6-8-16(22)9-7-15/h4-11,23H,3,12H2,1-2H3,(H,24,25,26). The number of benzene rings is 2. The molecule has 2 N–H and O–H groups in total. The first-order chi connectivity index (χ1) is 13.5. The second-order valence-electron chi connectivity index (χ2n) is 6.67. The number of hydrogen-bond donors (Lipinski definition) is 2. The van der Waals surface area contributed by atoms with Gasteiger partial charge in [0.25, 0.3) is 11.3 Å². The van der Waals surface area contributed by atoms with Gasteiger partial charge >= 0.3 is 0 Å². The van der Waals surface area contributed by atoms with E-state index in [9.17, 15) is 9.18 Å². The normalized spacial score (nSPS) is 11.1. The Balaban J connectivity index is 1.63. The van der Waals surface area contributed by atoms with Crippen LogP contribution in [0.3, 0.4) is 0 Å². The van der Waals surface area contributed by atoms with Crippen molar-refractivity contribution in [3.63, 3.8) is 0 Å². The zero-order chi connectivity index (χ0) is 19.7. The Labute approximate surface area is 161 Å². The van der Waals surface area contributed by atoms with E-state index in [1.807, 2.05) is 6.92 Å². The SMILES string of the molecule is CCc1ccc(C)cc1NCc1cc(=O)n2[nH]c(-c3ccc(F)cc3)nc2n1. The molecular weight excluding hydrogens is 357 g/mol. The van der Waals surface area contributed by atoms with Crippen LogP contribution in [0.2, 0.25) is 0 Å². The van der Waals surface area contributed by atoms with Gasteiger partial charge in [-0.1, -0.05) is 19.1 Å². The number of aryl methyl sites for hydroxylation is 2. The van der Waals surface area contributed by atoms with Crippen molar-refractivity contribution >= 4 is 11.5 Å². The van der Waals surface area contributed by atoms with E-state index in [1.165, 1.54) is 33.8 Å². The van der Waals surface area contributed by atoms with Crippen LogP contribution in [0.25, 0.3) is 17.2 Å². The van der Waals surface area contributed by atoms with Crippen LogP contribution >= 0.6 is 0 Å². The average Bonchev–Trinajstić information content (AvgIpc) is 3.12. The third kappa shape index (κ3) is 3.51. The van der Waals surface area contributed by atoms with Gasteiger partial charge in [-0.05, 0) is 54.8 Å². The van der Waals surface area contributed by atoms with Crippen molar-refractivity contribution < 1.29 is 4.39 Å². The Morgan fingerprint density at radius 2 is 1.89 bits per heavy atom. The molecule has 0 fully saturated rings. The molecule has 7 heteroatoms. The van der Waals surface area contributed by atoms with Crippen molar-refractivity contribution in [1.29, 1.82) is 0 Å². The fourth-order valence-electron chi connectivity index (χ4n) is 3.10. The van der Waals surface area contributed by atoms with E-state index in [0.717, 1.165) is 12.1 Å². The first-order valence-corrected chi connectivity index (χ1v) is 9.11. The lowest BCUT2D eigenvalue weighted by Crippen LogP contribution is -2.17. The number of rotatable bonds is 5. The van der Waals surface area contributed by atoms with E-state index in [2.05, 4.69) is 45.5 Å². The topological polar surface area (TPSA) is 75.1 Å². The molecule has 2 aromatic heterocycles. The van der Waals surface area contributed by atoms with Crippen molar-refractivity contribution in [3.8, 4) is 11.4 Å². The molecule has 4 aromatic rings. The Morgan fingerprint density at radius 3 is 2.64 bits per heavy atom. The summed E-state index contributed by atoms with van der Waals surface area (Å²) in [5, 5.41) is 6.28. The van der Waals surface area contributed by atoms with Gasteiger partial charge in [0.2, 0.25) is 0 Å². The van der Waals surface area contributed by atoms with E-state index in [-0.39, 0.29) is 17.2 Å². The predicted octanol–water partition coefficient (Wildman–Crippen LogP) is 3.71. The monoisotopic (exact) mass is 377 g/mol. The van der Waals surface area contributed by atoms with Gasteiger partial charge in [-0.25, -0.2) is 9.37 Å². The molecule has 0 aliphatic carbocycles. The number of aromatic amines is 1. The lowest BCUT2D eigenvalue weighted by atomic mass is 10.1. The zero-order valence-corrected chi connectivity index (χ0v) is 15.7. The minimum atomic E-state index is -0.328. The first kappa shape index (κ1) is 17.9. The van der Waals surface area contributed by atoms with Gasteiger partial charge in [-0.3, -0.25) is 9.89 Å². The summed E-state index contributed by atoms with van der Waals surface area (Å²) >= 11 is 0. The lowest BCUT2D eigenvalue weighted by molar-refractivity contribution is 0.628. The van der Waals surface area contributed by atoms with Crippen LogP contribution in [0, 0.1) is 12.7 Å². The molecule has 0 saturated heterocycles. The third-order valence-corrected chi connectivity index (χ3v) is 4.61. The summed E-state index contributed by atoms with van der Waals surface area (Å²) in [7, 11) is 0. The maximum absolute atomic E-state index is 13.1. The molecule has 2 heterocycles. The van der Waals surface area contributed by atoms with Crippen LogP contribution in [0.4, 0.5) is 10.1 Å². The van der Waals surface area contributed by atoms with E-state index in [0.29, 0.717) is 23.6 Å². The van der Waals surface area contributed by atoms with Crippen molar-refractivity contribution in [2.24, 2.45) is 0 Å². The Bertz CT molecular complexity index is 1190. The molecule has 0 amide bonds. The van der Waals surface area contributed by atoms with Crippen LogP contribution < -0.4 is 10.9 Å². The summed E-state index contributed by atoms with van der Waals surface area (Å²) in [6, 6.07) is 13.7. The number of hydrogen-bond acceptors (Lipinski definition) is 4. The highest BCUT2D eigenvalue weighted by Gasteiger charge is 2.10. The summed E-state index contributed by atoms with van der Waals surface area (Å²) in [5.41, 5.74) is 4.45. The van der Waals surface area contributed by atoms with Gasteiger partial charge in [0.05, 0.1) is 12.2 Å². The van der Waals surface area contributed by atoms with Crippen LogP contribution in [-0.2, 0) is 13.0 Å². The molecule has 2 aromatic carbocycles. The van der Waals surface area contributed by atoms with E-state index < -0.39 is 0 Å². The molecule has 6 nitrogen and oxygen atoms in total. The molecule has 0 aliphatic heterocycles. The first-order valence-electron chi connectivity index (χ1n) is 9.11. The number of anilines is 1. The van der Waals surface area contributed by atoms with Crippen molar-refractivity contribution in [2.45, 2.75) is 26.8 Å². The van der Waals surface area contributed by atoms with E-state index >= 15 is 0 Å². The lowest BCUT2D eigenvalue weighted by Gasteiger charge is -2.11. The summed E-state index contributed by atoms with van der Waals surface area (Å²) in [4.78, 5) is 21.3. The molecule has 0 unspecified atom stereocenters. The number of H-pyrrole nitrogens is 1. The van der Waals surface area contributed by atoms with Crippen molar-refractivity contribution in [2.75, 3.05) is 5.32 Å². The van der Waals surface area contributed by atoms with Gasteiger partial charge in [-0.2, -0.15) is 9.50 Å². The third-order valence-electron chi connectivity index (χ3n) is 4.61. The Hall–Kier alpha value is -3.48. The van der Waals surface area contributed by atoms with Gasteiger partial charge in [-0.15, -0.1) is 0 Å². The van der Waals surface area contributed by atoms with Crippen LogP contribution in [-0.4, -0.2) is 19.6 Å². The highest BCUT2D eigenvalue weighted by atomic mass is 19.1. The average molecular weight is 377 g/mol. The summed E-state index contributed by atoms with van der Waals surface area (Å²) in [6.45, 7) is 4.57. The van der Waals surface area contributed by atoms with Gasteiger partial charge in [0.1, 0.15) is 5.82 Å². The van der Waals surface area contributed by atoms with E-state index in [4.69, 9.17) is 0 Å². The smallest absolute Gasteiger partial charge is 0.274 e. The fraction of sp³-hybridized carbons (Fsp3) is 0.190. The molecule has 0 saturated carbocycles. The number of halogens is 1.